The van der Waals surface area contributed by atoms with Crippen LogP contribution in [0, 0.1) is 11.3 Å². The smallest absolute Gasteiger partial charge is 0.199 e. The lowest BCUT2D eigenvalue weighted by Gasteiger charge is -2.11. The SMILES string of the molecule is C/C=C(/C#N)Oc1cnc(NCCCCN(C)C)c(Br)c1. The zero-order valence-electron chi connectivity index (χ0n) is 12.7. The van der Waals surface area contributed by atoms with Gasteiger partial charge < -0.3 is 15.0 Å². The molecule has 0 spiro atoms. The highest BCUT2D eigenvalue weighted by molar-refractivity contribution is 9.10. The predicted molar refractivity (Wildman–Crippen MR) is 88.2 cm³/mol. The topological polar surface area (TPSA) is 61.2 Å². The lowest BCUT2D eigenvalue weighted by molar-refractivity contribution is 0.396. The summed E-state index contributed by atoms with van der Waals surface area (Å²) in [6, 6.07) is 3.77. The van der Waals surface area contributed by atoms with Gasteiger partial charge in [-0.15, -0.1) is 0 Å². The van der Waals surface area contributed by atoms with Crippen molar-refractivity contribution in [3.63, 3.8) is 0 Å². The van der Waals surface area contributed by atoms with Crippen LogP contribution in [-0.2, 0) is 0 Å². The fraction of sp³-hybridized carbons (Fsp3) is 0.467. The molecule has 0 aliphatic rings. The van der Waals surface area contributed by atoms with Crippen LogP contribution in [0.1, 0.15) is 19.8 Å². The van der Waals surface area contributed by atoms with Crippen molar-refractivity contribution in [3.05, 3.63) is 28.6 Å². The Labute approximate surface area is 134 Å². The van der Waals surface area contributed by atoms with E-state index in [9.17, 15) is 0 Å². The Balaban J connectivity index is 2.49. The molecule has 1 N–H and O–H groups in total. The number of halogens is 1. The Morgan fingerprint density at radius 3 is 2.86 bits per heavy atom. The van der Waals surface area contributed by atoms with Gasteiger partial charge in [0.2, 0.25) is 0 Å². The van der Waals surface area contributed by atoms with Crippen LogP contribution in [-0.4, -0.2) is 37.1 Å². The number of ether oxygens (including phenoxy) is 1. The highest BCUT2D eigenvalue weighted by Gasteiger charge is 2.05. The summed E-state index contributed by atoms with van der Waals surface area (Å²) in [5.74, 6) is 1.58. The first-order chi connectivity index (χ1) is 10.1. The van der Waals surface area contributed by atoms with E-state index < -0.39 is 0 Å². The highest BCUT2D eigenvalue weighted by Crippen LogP contribution is 2.25. The molecule has 1 aromatic rings. The van der Waals surface area contributed by atoms with Gasteiger partial charge in [0.15, 0.2) is 5.76 Å². The average Bonchev–Trinajstić information content (AvgIpc) is 2.46. The molecule has 0 unspecified atom stereocenters. The first kappa shape index (κ1) is 17.5. The third-order valence-electron chi connectivity index (χ3n) is 2.74. The van der Waals surface area contributed by atoms with Crippen LogP contribution >= 0.6 is 15.9 Å². The molecule has 0 fully saturated rings. The van der Waals surface area contributed by atoms with Gasteiger partial charge in [-0.1, -0.05) is 0 Å². The van der Waals surface area contributed by atoms with E-state index in [1.807, 2.05) is 6.07 Å². The van der Waals surface area contributed by atoms with Crippen molar-refractivity contribution >= 4 is 21.7 Å². The van der Waals surface area contributed by atoms with Gasteiger partial charge in [-0.3, -0.25) is 0 Å². The van der Waals surface area contributed by atoms with Gasteiger partial charge in [-0.05, 0) is 62.4 Å². The normalized spacial score (nSPS) is 11.3. The van der Waals surface area contributed by atoms with Crippen LogP contribution in [0.15, 0.2) is 28.6 Å². The van der Waals surface area contributed by atoms with Crippen molar-refractivity contribution in [1.82, 2.24) is 9.88 Å². The van der Waals surface area contributed by atoms with Gasteiger partial charge in [-0.2, -0.15) is 5.26 Å². The Morgan fingerprint density at radius 2 is 2.29 bits per heavy atom. The Bertz CT molecular complexity index is 523. The fourth-order valence-electron chi connectivity index (χ4n) is 1.64. The molecule has 0 saturated heterocycles. The zero-order valence-corrected chi connectivity index (χ0v) is 14.3. The van der Waals surface area contributed by atoms with E-state index in [4.69, 9.17) is 10.00 Å². The van der Waals surface area contributed by atoms with Crippen LogP contribution in [0.3, 0.4) is 0 Å². The third-order valence-corrected chi connectivity index (χ3v) is 3.35. The zero-order chi connectivity index (χ0) is 15.7. The summed E-state index contributed by atoms with van der Waals surface area (Å²) in [6.07, 6.45) is 5.45. The van der Waals surface area contributed by atoms with Crippen molar-refractivity contribution in [2.75, 3.05) is 32.5 Å². The molecule has 0 aromatic carbocycles. The van der Waals surface area contributed by atoms with Crippen LogP contribution in [0.2, 0.25) is 0 Å². The second-order valence-electron chi connectivity index (χ2n) is 4.81. The monoisotopic (exact) mass is 352 g/mol. The molecule has 1 aromatic heterocycles. The molecule has 114 valence electrons. The maximum absolute atomic E-state index is 8.83. The van der Waals surface area contributed by atoms with E-state index in [2.05, 4.69) is 45.2 Å². The minimum atomic E-state index is 0.257. The van der Waals surface area contributed by atoms with Gasteiger partial charge in [0.1, 0.15) is 17.6 Å². The molecular weight excluding hydrogens is 332 g/mol. The molecule has 5 nitrogen and oxygen atoms in total. The summed E-state index contributed by atoms with van der Waals surface area (Å²) in [5, 5.41) is 12.1. The second kappa shape index (κ2) is 9.37. The van der Waals surface area contributed by atoms with Gasteiger partial charge in [0.25, 0.3) is 0 Å². The van der Waals surface area contributed by atoms with Crippen molar-refractivity contribution in [1.29, 1.82) is 5.26 Å². The Hall–Kier alpha value is -1.58. The number of aromatic nitrogens is 1. The molecule has 6 heteroatoms. The third kappa shape index (κ3) is 6.61. The van der Waals surface area contributed by atoms with Gasteiger partial charge >= 0.3 is 0 Å². The summed E-state index contributed by atoms with van der Waals surface area (Å²) in [4.78, 5) is 6.48. The van der Waals surface area contributed by atoms with Crippen molar-refractivity contribution in [2.45, 2.75) is 19.8 Å². The lowest BCUT2D eigenvalue weighted by atomic mass is 10.3. The predicted octanol–water partition coefficient (Wildman–Crippen LogP) is 3.40. The standard InChI is InChI=1S/C15H21BrN4O/c1-4-12(10-17)21-13-9-14(16)15(19-11-13)18-7-5-6-8-20(2)3/h4,9,11H,5-8H2,1-3H3,(H,18,19)/b12-4-. The Morgan fingerprint density at radius 1 is 1.52 bits per heavy atom. The summed E-state index contributed by atoms with van der Waals surface area (Å²) in [5.41, 5.74) is 0. The lowest BCUT2D eigenvalue weighted by Crippen LogP contribution is -2.14. The van der Waals surface area contributed by atoms with Crippen molar-refractivity contribution in [2.24, 2.45) is 0 Å². The molecule has 0 aliphatic carbocycles. The van der Waals surface area contributed by atoms with Gasteiger partial charge in [-0.25, -0.2) is 4.98 Å². The van der Waals surface area contributed by atoms with Gasteiger partial charge in [0, 0.05) is 12.6 Å². The second-order valence-corrected chi connectivity index (χ2v) is 5.66. The molecule has 1 heterocycles. The van der Waals surface area contributed by atoms with Crippen LogP contribution in [0.25, 0.3) is 0 Å². The number of nitrogens with zero attached hydrogens (tertiary/aromatic N) is 3. The molecule has 1 rings (SSSR count). The summed E-state index contributed by atoms with van der Waals surface area (Å²) in [7, 11) is 4.15. The molecule has 0 radical (unpaired) electrons. The molecule has 0 atom stereocenters. The number of nitriles is 1. The number of nitrogens with one attached hydrogen (secondary N) is 1. The van der Waals surface area contributed by atoms with E-state index in [0.29, 0.717) is 5.75 Å². The maximum Gasteiger partial charge on any atom is 0.199 e. The fourth-order valence-corrected chi connectivity index (χ4v) is 2.11. The number of hydrogen-bond acceptors (Lipinski definition) is 5. The van der Waals surface area contributed by atoms with E-state index in [1.54, 1.807) is 25.3 Å². The Kier molecular flexibility index (Phi) is 7.80. The van der Waals surface area contributed by atoms with E-state index in [1.165, 1.54) is 0 Å². The van der Waals surface area contributed by atoms with Crippen LogP contribution in [0.4, 0.5) is 5.82 Å². The minimum Gasteiger partial charge on any atom is -0.445 e. The largest absolute Gasteiger partial charge is 0.445 e. The first-order valence-corrected chi connectivity index (χ1v) is 7.64. The van der Waals surface area contributed by atoms with Crippen LogP contribution < -0.4 is 10.1 Å². The molecule has 21 heavy (non-hydrogen) atoms. The number of pyridine rings is 1. The van der Waals surface area contributed by atoms with Crippen molar-refractivity contribution < 1.29 is 4.74 Å². The number of anilines is 1. The van der Waals surface area contributed by atoms with Crippen molar-refractivity contribution in [3.8, 4) is 11.8 Å². The number of allylic oxidation sites excluding steroid dienone is 2. The summed E-state index contributed by atoms with van der Waals surface area (Å²) >= 11 is 3.46. The average molecular weight is 353 g/mol. The van der Waals surface area contributed by atoms with Gasteiger partial charge in [0.05, 0.1) is 10.7 Å². The minimum absolute atomic E-state index is 0.257. The number of rotatable bonds is 8. The van der Waals surface area contributed by atoms with Crippen LogP contribution in [0.5, 0.6) is 5.75 Å². The quantitative estimate of drug-likeness (QED) is 0.441. The van der Waals surface area contributed by atoms with E-state index >= 15 is 0 Å². The first-order valence-electron chi connectivity index (χ1n) is 6.85. The van der Waals surface area contributed by atoms with E-state index in [0.717, 1.165) is 36.2 Å². The molecule has 0 saturated carbocycles. The molecule has 0 aliphatic heterocycles. The maximum atomic E-state index is 8.83. The summed E-state index contributed by atoms with van der Waals surface area (Å²) in [6.45, 7) is 3.71. The number of hydrogen-bond donors (Lipinski definition) is 1. The molecular formula is C15H21BrN4O. The number of unbranched alkanes of at least 4 members (excludes halogenated alkanes) is 1. The van der Waals surface area contributed by atoms with E-state index in [-0.39, 0.29) is 5.76 Å². The highest BCUT2D eigenvalue weighted by atomic mass is 79.9. The molecule has 0 amide bonds. The molecule has 0 bridgehead atoms. The summed E-state index contributed by atoms with van der Waals surface area (Å²) < 4.78 is 6.21.